The SMILES string of the molecule is CCOc1ccc(CCNC(=O)c2cccc(-n3c(C)nc4cccnc43)c2C)cc1. The van der Waals surface area contributed by atoms with Gasteiger partial charge in [-0.15, -0.1) is 0 Å². The number of amides is 1. The Labute approximate surface area is 181 Å². The van der Waals surface area contributed by atoms with Crippen molar-refractivity contribution in [2.75, 3.05) is 13.2 Å². The zero-order valence-electron chi connectivity index (χ0n) is 18.1. The molecule has 0 radical (unpaired) electrons. The molecule has 0 saturated carbocycles. The molecule has 0 bridgehead atoms. The van der Waals surface area contributed by atoms with E-state index in [0.29, 0.717) is 18.7 Å². The van der Waals surface area contributed by atoms with Gasteiger partial charge in [-0.3, -0.25) is 9.36 Å². The van der Waals surface area contributed by atoms with Crippen LogP contribution in [0.2, 0.25) is 0 Å². The second kappa shape index (κ2) is 9.00. The molecule has 2 aromatic carbocycles. The maximum absolute atomic E-state index is 12.9. The summed E-state index contributed by atoms with van der Waals surface area (Å²) >= 11 is 0. The third-order valence-electron chi connectivity index (χ3n) is 5.31. The van der Waals surface area contributed by atoms with Crippen LogP contribution >= 0.6 is 0 Å². The van der Waals surface area contributed by atoms with Gasteiger partial charge in [0.15, 0.2) is 5.65 Å². The average molecular weight is 415 g/mol. The van der Waals surface area contributed by atoms with Crippen LogP contribution in [-0.2, 0) is 6.42 Å². The second-order valence-electron chi connectivity index (χ2n) is 7.37. The van der Waals surface area contributed by atoms with E-state index >= 15 is 0 Å². The fourth-order valence-corrected chi connectivity index (χ4v) is 3.76. The average Bonchev–Trinajstić information content (AvgIpc) is 3.11. The zero-order valence-corrected chi connectivity index (χ0v) is 18.1. The lowest BCUT2D eigenvalue weighted by molar-refractivity contribution is 0.0953. The molecule has 2 aromatic heterocycles. The lowest BCUT2D eigenvalue weighted by atomic mass is 10.1. The van der Waals surface area contributed by atoms with Crippen LogP contribution in [0.1, 0.15) is 34.2 Å². The number of imidazole rings is 1. The number of carbonyl (C=O) groups is 1. The van der Waals surface area contributed by atoms with Crippen LogP contribution in [0.5, 0.6) is 5.75 Å². The van der Waals surface area contributed by atoms with E-state index in [1.54, 1.807) is 6.20 Å². The number of carbonyl (C=O) groups excluding carboxylic acids is 1. The second-order valence-corrected chi connectivity index (χ2v) is 7.37. The van der Waals surface area contributed by atoms with Gasteiger partial charge in [0.1, 0.15) is 17.1 Å². The third-order valence-corrected chi connectivity index (χ3v) is 5.31. The van der Waals surface area contributed by atoms with Gasteiger partial charge in [-0.1, -0.05) is 18.2 Å². The molecular weight excluding hydrogens is 388 g/mol. The third kappa shape index (κ3) is 4.28. The molecule has 0 atom stereocenters. The Hall–Kier alpha value is -3.67. The van der Waals surface area contributed by atoms with Crippen molar-refractivity contribution in [1.82, 2.24) is 19.9 Å². The highest BCUT2D eigenvalue weighted by Gasteiger charge is 2.16. The number of benzene rings is 2. The molecule has 0 spiro atoms. The minimum atomic E-state index is -0.0830. The molecule has 0 fully saturated rings. The molecule has 1 amide bonds. The summed E-state index contributed by atoms with van der Waals surface area (Å²) in [5.41, 5.74) is 5.25. The summed E-state index contributed by atoms with van der Waals surface area (Å²) in [6.07, 6.45) is 2.51. The predicted octanol–water partition coefficient (Wildman–Crippen LogP) is 4.41. The van der Waals surface area contributed by atoms with E-state index in [1.807, 2.05) is 79.9 Å². The van der Waals surface area contributed by atoms with Crippen LogP contribution in [0, 0.1) is 13.8 Å². The van der Waals surface area contributed by atoms with Gasteiger partial charge in [-0.25, -0.2) is 9.97 Å². The van der Waals surface area contributed by atoms with Gasteiger partial charge < -0.3 is 10.1 Å². The molecule has 4 aromatic rings. The van der Waals surface area contributed by atoms with Crippen LogP contribution in [0.3, 0.4) is 0 Å². The minimum absolute atomic E-state index is 0.0830. The van der Waals surface area contributed by atoms with Crippen molar-refractivity contribution in [1.29, 1.82) is 0 Å². The molecule has 6 nitrogen and oxygen atoms in total. The highest BCUT2D eigenvalue weighted by atomic mass is 16.5. The summed E-state index contributed by atoms with van der Waals surface area (Å²) in [5, 5.41) is 3.04. The summed E-state index contributed by atoms with van der Waals surface area (Å²) in [6, 6.07) is 17.5. The molecule has 0 aliphatic heterocycles. The number of rotatable bonds is 7. The van der Waals surface area contributed by atoms with E-state index in [4.69, 9.17) is 4.74 Å². The maximum atomic E-state index is 12.9. The molecule has 0 unspecified atom stereocenters. The maximum Gasteiger partial charge on any atom is 0.251 e. The largest absolute Gasteiger partial charge is 0.494 e. The van der Waals surface area contributed by atoms with Crippen LogP contribution in [-0.4, -0.2) is 33.6 Å². The van der Waals surface area contributed by atoms with E-state index in [9.17, 15) is 4.79 Å². The number of aromatic nitrogens is 3. The van der Waals surface area contributed by atoms with E-state index in [-0.39, 0.29) is 5.91 Å². The van der Waals surface area contributed by atoms with Crippen molar-refractivity contribution in [3.05, 3.63) is 83.3 Å². The molecule has 0 aliphatic carbocycles. The van der Waals surface area contributed by atoms with Gasteiger partial charge in [-0.05, 0) is 74.7 Å². The first-order valence-electron chi connectivity index (χ1n) is 10.5. The number of hydrogen-bond acceptors (Lipinski definition) is 4. The summed E-state index contributed by atoms with van der Waals surface area (Å²) in [5.74, 6) is 1.62. The van der Waals surface area contributed by atoms with Gasteiger partial charge in [-0.2, -0.15) is 0 Å². The minimum Gasteiger partial charge on any atom is -0.494 e. The van der Waals surface area contributed by atoms with Gasteiger partial charge >= 0.3 is 0 Å². The molecule has 4 rings (SSSR count). The van der Waals surface area contributed by atoms with E-state index in [1.165, 1.54) is 0 Å². The standard InChI is InChI=1S/C25H26N4O2/c1-4-31-20-12-10-19(11-13-20)14-16-27-25(30)21-7-5-9-23(17(21)2)29-18(3)28-22-8-6-15-26-24(22)29/h5-13,15H,4,14,16H2,1-3H3,(H,27,30). The van der Waals surface area contributed by atoms with Crippen molar-refractivity contribution in [3.63, 3.8) is 0 Å². The fraction of sp³-hybridized carbons (Fsp3) is 0.240. The Bertz CT molecular complexity index is 1210. The molecule has 0 saturated heterocycles. The van der Waals surface area contributed by atoms with Crippen LogP contribution in [0.4, 0.5) is 0 Å². The first-order valence-corrected chi connectivity index (χ1v) is 10.5. The number of nitrogens with zero attached hydrogens (tertiary/aromatic N) is 3. The smallest absolute Gasteiger partial charge is 0.251 e. The molecule has 31 heavy (non-hydrogen) atoms. The number of fused-ring (bicyclic) bond motifs is 1. The van der Waals surface area contributed by atoms with Crippen LogP contribution < -0.4 is 10.1 Å². The molecule has 6 heteroatoms. The topological polar surface area (TPSA) is 69.0 Å². The zero-order chi connectivity index (χ0) is 21.8. The van der Waals surface area contributed by atoms with Crippen molar-refractivity contribution in [2.24, 2.45) is 0 Å². The summed E-state index contributed by atoms with van der Waals surface area (Å²) in [7, 11) is 0. The fourth-order valence-electron chi connectivity index (χ4n) is 3.76. The lowest BCUT2D eigenvalue weighted by Gasteiger charge is -2.14. The Morgan fingerprint density at radius 1 is 1.06 bits per heavy atom. The quantitative estimate of drug-likeness (QED) is 0.486. The lowest BCUT2D eigenvalue weighted by Crippen LogP contribution is -2.26. The Balaban J connectivity index is 1.50. The number of nitrogens with one attached hydrogen (secondary N) is 1. The molecule has 1 N–H and O–H groups in total. The highest BCUT2D eigenvalue weighted by molar-refractivity contribution is 5.96. The van der Waals surface area contributed by atoms with E-state index in [2.05, 4.69) is 15.3 Å². The van der Waals surface area contributed by atoms with Gasteiger partial charge in [0.05, 0.1) is 12.3 Å². The summed E-state index contributed by atoms with van der Waals surface area (Å²) in [6.45, 7) is 7.09. The monoisotopic (exact) mass is 414 g/mol. The van der Waals surface area contributed by atoms with Crippen molar-refractivity contribution in [2.45, 2.75) is 27.2 Å². The molecule has 2 heterocycles. The summed E-state index contributed by atoms with van der Waals surface area (Å²) in [4.78, 5) is 22.0. The Morgan fingerprint density at radius 3 is 2.65 bits per heavy atom. The number of ether oxygens (including phenoxy) is 1. The number of pyridine rings is 1. The predicted molar refractivity (Wildman–Crippen MR) is 122 cm³/mol. The first-order chi connectivity index (χ1) is 15.1. The van der Waals surface area contributed by atoms with Gasteiger partial charge in [0.2, 0.25) is 0 Å². The Morgan fingerprint density at radius 2 is 1.87 bits per heavy atom. The van der Waals surface area contributed by atoms with E-state index in [0.717, 1.165) is 46.0 Å². The number of hydrogen-bond donors (Lipinski definition) is 1. The molecule has 158 valence electrons. The van der Waals surface area contributed by atoms with Crippen LogP contribution in [0.25, 0.3) is 16.9 Å². The van der Waals surface area contributed by atoms with E-state index < -0.39 is 0 Å². The number of aryl methyl sites for hydroxylation is 1. The summed E-state index contributed by atoms with van der Waals surface area (Å²) < 4.78 is 7.47. The van der Waals surface area contributed by atoms with Crippen molar-refractivity contribution in [3.8, 4) is 11.4 Å². The highest BCUT2D eigenvalue weighted by Crippen LogP contribution is 2.24. The van der Waals surface area contributed by atoms with Gasteiger partial charge in [0.25, 0.3) is 5.91 Å². The van der Waals surface area contributed by atoms with Crippen molar-refractivity contribution < 1.29 is 9.53 Å². The normalized spacial score (nSPS) is 10.9. The first kappa shape index (κ1) is 20.6. The van der Waals surface area contributed by atoms with Crippen molar-refractivity contribution >= 4 is 17.1 Å². The van der Waals surface area contributed by atoms with Gasteiger partial charge in [0, 0.05) is 18.3 Å². The molecule has 0 aliphatic rings. The molecular formula is C25H26N4O2. The van der Waals surface area contributed by atoms with Crippen LogP contribution in [0.15, 0.2) is 60.8 Å². The Kier molecular flexibility index (Phi) is 5.98.